The number of nitrogens with one attached hydrogen (secondary N) is 1. The van der Waals surface area contributed by atoms with E-state index in [1.54, 1.807) is 13.0 Å². The number of rotatable bonds is 8. The van der Waals surface area contributed by atoms with E-state index >= 15 is 0 Å². The monoisotopic (exact) mass is 487 g/mol. The Morgan fingerprint density at radius 1 is 1.30 bits per heavy atom. The maximum atomic E-state index is 12.5. The second kappa shape index (κ2) is 9.49. The third kappa shape index (κ3) is 5.12. The molecule has 0 spiro atoms. The van der Waals surface area contributed by atoms with Gasteiger partial charge in [-0.2, -0.15) is 5.26 Å². The van der Waals surface area contributed by atoms with Gasteiger partial charge < -0.3 is 9.73 Å². The van der Waals surface area contributed by atoms with Crippen molar-refractivity contribution in [3.05, 3.63) is 52.7 Å². The Hall–Kier alpha value is -2.57. The lowest BCUT2D eigenvalue weighted by Crippen LogP contribution is -2.49. The van der Waals surface area contributed by atoms with Gasteiger partial charge in [-0.05, 0) is 46.5 Å². The zero-order valence-electron chi connectivity index (χ0n) is 16.9. The van der Waals surface area contributed by atoms with Gasteiger partial charge in [-0.15, -0.1) is 10.2 Å². The number of aromatic nitrogens is 3. The molecule has 9 heteroatoms. The molecule has 0 bridgehead atoms. The quantitative estimate of drug-likeness (QED) is 0.469. The normalized spacial score (nSPS) is 13.1. The van der Waals surface area contributed by atoms with E-state index in [-0.39, 0.29) is 17.6 Å². The van der Waals surface area contributed by atoms with E-state index in [1.807, 2.05) is 54.8 Å². The first-order valence-electron chi connectivity index (χ1n) is 9.40. The summed E-state index contributed by atoms with van der Waals surface area (Å²) in [5.74, 6) is 1.05. The van der Waals surface area contributed by atoms with Gasteiger partial charge in [-0.25, -0.2) is 0 Å². The molecule has 30 heavy (non-hydrogen) atoms. The molecule has 1 atom stereocenters. The summed E-state index contributed by atoms with van der Waals surface area (Å²) in [6, 6.07) is 15.7. The first kappa shape index (κ1) is 22.1. The summed E-state index contributed by atoms with van der Waals surface area (Å²) in [6.07, 6.45) is 0. The molecular formula is C21H22BrN5O2S. The number of carbonyl (C=O) groups excluding carboxylic acids is 1. The molecule has 0 fully saturated rings. The van der Waals surface area contributed by atoms with E-state index < -0.39 is 5.54 Å². The number of amides is 1. The minimum Gasteiger partial charge on any atom is -0.446 e. The smallest absolute Gasteiger partial charge is 0.231 e. The fraction of sp³-hybridized carbons (Fsp3) is 0.333. The lowest BCUT2D eigenvalue weighted by atomic mass is 9.90. The van der Waals surface area contributed by atoms with Crippen molar-refractivity contribution in [1.82, 2.24) is 20.1 Å². The van der Waals surface area contributed by atoms with E-state index in [0.717, 1.165) is 5.56 Å². The van der Waals surface area contributed by atoms with Gasteiger partial charge in [0.1, 0.15) is 5.54 Å². The molecule has 1 amide bonds. The molecule has 1 aromatic carbocycles. The number of benzene rings is 1. The van der Waals surface area contributed by atoms with Gasteiger partial charge in [-0.3, -0.25) is 9.36 Å². The van der Waals surface area contributed by atoms with E-state index in [0.29, 0.717) is 28.0 Å². The van der Waals surface area contributed by atoms with E-state index in [4.69, 9.17) is 4.42 Å². The van der Waals surface area contributed by atoms with Crippen LogP contribution in [-0.4, -0.2) is 32.0 Å². The minimum absolute atomic E-state index is 0.0119. The molecule has 2 aromatic heterocycles. The summed E-state index contributed by atoms with van der Waals surface area (Å²) < 4.78 is 8.19. The Labute approximate surface area is 188 Å². The van der Waals surface area contributed by atoms with Gasteiger partial charge in [-0.1, -0.05) is 55.9 Å². The predicted molar refractivity (Wildman–Crippen MR) is 119 cm³/mol. The molecule has 2 heterocycles. The van der Waals surface area contributed by atoms with Crippen molar-refractivity contribution in [2.24, 2.45) is 5.92 Å². The topological polar surface area (TPSA) is 96.7 Å². The molecule has 0 saturated carbocycles. The van der Waals surface area contributed by atoms with Crippen LogP contribution >= 0.6 is 27.7 Å². The van der Waals surface area contributed by atoms with Crippen molar-refractivity contribution < 1.29 is 9.21 Å². The molecule has 0 unspecified atom stereocenters. The Morgan fingerprint density at radius 3 is 2.63 bits per heavy atom. The van der Waals surface area contributed by atoms with Gasteiger partial charge in [0.05, 0.1) is 18.4 Å². The number of thioether (sulfide) groups is 1. The van der Waals surface area contributed by atoms with Gasteiger partial charge in [0, 0.05) is 0 Å². The van der Waals surface area contributed by atoms with E-state index in [2.05, 4.69) is 37.5 Å². The number of hydrogen-bond donors (Lipinski definition) is 1. The fourth-order valence-corrected chi connectivity index (χ4v) is 3.72. The first-order chi connectivity index (χ1) is 14.3. The molecule has 0 aliphatic rings. The van der Waals surface area contributed by atoms with Crippen LogP contribution < -0.4 is 5.32 Å². The molecule has 0 radical (unpaired) electrons. The number of halogens is 1. The van der Waals surface area contributed by atoms with Crippen LogP contribution in [0.1, 0.15) is 26.3 Å². The average molecular weight is 488 g/mol. The molecule has 1 N–H and O–H groups in total. The summed E-state index contributed by atoms with van der Waals surface area (Å²) in [6.45, 7) is 6.07. The fourth-order valence-electron chi connectivity index (χ4n) is 2.68. The van der Waals surface area contributed by atoms with Crippen LogP contribution in [0, 0.1) is 17.2 Å². The van der Waals surface area contributed by atoms with Crippen LogP contribution in [0.4, 0.5) is 0 Å². The van der Waals surface area contributed by atoms with Crippen LogP contribution in [0.15, 0.2) is 56.7 Å². The SMILES string of the molecule is CC(C)[C@@](C)(C#N)NC(=O)CSc1nnc(-c2ccc(Br)o2)n1Cc1ccccc1. The Balaban J connectivity index is 1.81. The number of nitrogens with zero attached hydrogens (tertiary/aromatic N) is 4. The highest BCUT2D eigenvalue weighted by atomic mass is 79.9. The number of furan rings is 1. The van der Waals surface area contributed by atoms with Crippen molar-refractivity contribution in [2.45, 2.75) is 38.0 Å². The molecule has 0 aliphatic carbocycles. The summed E-state index contributed by atoms with van der Waals surface area (Å²) in [7, 11) is 0. The second-order valence-electron chi connectivity index (χ2n) is 7.29. The van der Waals surface area contributed by atoms with E-state index in [9.17, 15) is 10.1 Å². The highest BCUT2D eigenvalue weighted by Gasteiger charge is 2.30. The first-order valence-corrected chi connectivity index (χ1v) is 11.2. The van der Waals surface area contributed by atoms with Crippen LogP contribution in [0.3, 0.4) is 0 Å². The molecule has 0 saturated heterocycles. The summed E-state index contributed by atoms with van der Waals surface area (Å²) in [5.41, 5.74) is 0.161. The highest BCUT2D eigenvalue weighted by Crippen LogP contribution is 2.28. The van der Waals surface area contributed by atoms with Crippen molar-refractivity contribution in [3.8, 4) is 17.7 Å². The Kier molecular flexibility index (Phi) is 7.00. The minimum atomic E-state index is -0.916. The standard InChI is InChI=1S/C21H22BrN5O2S/c1-14(2)21(3,13-23)24-18(28)12-30-20-26-25-19(16-9-10-17(22)29-16)27(20)11-15-7-5-4-6-8-15/h4-10,14H,11-12H2,1-3H3,(H,24,28)/t21-/m1/s1. The third-order valence-corrected chi connectivity index (χ3v) is 6.21. The summed E-state index contributed by atoms with van der Waals surface area (Å²) in [4.78, 5) is 12.5. The Bertz CT molecular complexity index is 1060. The summed E-state index contributed by atoms with van der Waals surface area (Å²) in [5, 5.41) is 21.4. The molecule has 0 aliphatic heterocycles. The maximum absolute atomic E-state index is 12.5. The third-order valence-electron chi connectivity index (χ3n) is 4.81. The molecular weight excluding hydrogens is 466 g/mol. The van der Waals surface area contributed by atoms with Crippen molar-refractivity contribution in [3.63, 3.8) is 0 Å². The number of carbonyl (C=O) groups is 1. The van der Waals surface area contributed by atoms with Crippen LogP contribution in [0.25, 0.3) is 11.6 Å². The number of hydrogen-bond acceptors (Lipinski definition) is 6. The molecule has 3 rings (SSSR count). The lowest BCUT2D eigenvalue weighted by molar-refractivity contribution is -0.120. The van der Waals surface area contributed by atoms with Crippen molar-refractivity contribution >= 4 is 33.6 Å². The maximum Gasteiger partial charge on any atom is 0.231 e. The van der Waals surface area contributed by atoms with Crippen molar-refractivity contribution in [2.75, 3.05) is 5.75 Å². The predicted octanol–water partition coefficient (Wildman–Crippen LogP) is 4.50. The van der Waals surface area contributed by atoms with Gasteiger partial charge in [0.25, 0.3) is 0 Å². The lowest BCUT2D eigenvalue weighted by Gasteiger charge is -2.27. The summed E-state index contributed by atoms with van der Waals surface area (Å²) >= 11 is 4.59. The van der Waals surface area contributed by atoms with Crippen LogP contribution in [-0.2, 0) is 11.3 Å². The molecule has 156 valence electrons. The van der Waals surface area contributed by atoms with E-state index in [1.165, 1.54) is 11.8 Å². The zero-order valence-corrected chi connectivity index (χ0v) is 19.3. The Morgan fingerprint density at radius 2 is 2.03 bits per heavy atom. The molecule has 3 aromatic rings. The van der Waals surface area contributed by atoms with Gasteiger partial charge in [0.2, 0.25) is 11.7 Å². The number of nitriles is 1. The average Bonchev–Trinajstić information content (AvgIpc) is 3.33. The zero-order chi connectivity index (χ0) is 21.7. The van der Waals surface area contributed by atoms with Crippen LogP contribution in [0.2, 0.25) is 0 Å². The second-order valence-corrected chi connectivity index (χ2v) is 9.01. The van der Waals surface area contributed by atoms with Crippen LogP contribution in [0.5, 0.6) is 0 Å². The van der Waals surface area contributed by atoms with Gasteiger partial charge in [0.15, 0.2) is 15.6 Å². The molecule has 7 nitrogen and oxygen atoms in total. The van der Waals surface area contributed by atoms with Gasteiger partial charge >= 0.3 is 0 Å². The van der Waals surface area contributed by atoms with Crippen molar-refractivity contribution in [1.29, 1.82) is 5.26 Å². The highest BCUT2D eigenvalue weighted by molar-refractivity contribution is 9.10. The largest absolute Gasteiger partial charge is 0.446 e.